The van der Waals surface area contributed by atoms with Crippen molar-refractivity contribution in [2.75, 3.05) is 0 Å². The maximum Gasteiger partial charge on any atom is 0.0807 e. The molecule has 1 aliphatic rings. The SMILES string of the molecule is CCc1ccccc1-n1ccc2c1CCCC2O. The number of rotatable bonds is 2. The second-order valence-corrected chi connectivity index (χ2v) is 4.98. The van der Waals surface area contributed by atoms with Crippen molar-refractivity contribution in [2.24, 2.45) is 0 Å². The zero-order chi connectivity index (χ0) is 12.5. The molecule has 0 fully saturated rings. The minimum absolute atomic E-state index is 0.274. The first kappa shape index (κ1) is 11.5. The van der Waals surface area contributed by atoms with Crippen LogP contribution in [0.15, 0.2) is 36.5 Å². The molecule has 0 saturated carbocycles. The Morgan fingerprint density at radius 1 is 1.28 bits per heavy atom. The third-order valence-electron chi connectivity index (χ3n) is 3.91. The molecule has 0 saturated heterocycles. The van der Waals surface area contributed by atoms with Gasteiger partial charge < -0.3 is 9.67 Å². The van der Waals surface area contributed by atoms with Crippen LogP contribution >= 0.6 is 0 Å². The van der Waals surface area contributed by atoms with Gasteiger partial charge in [0, 0.05) is 23.1 Å². The largest absolute Gasteiger partial charge is 0.388 e. The van der Waals surface area contributed by atoms with Crippen LogP contribution in [0.5, 0.6) is 0 Å². The molecule has 1 aromatic heterocycles. The number of para-hydroxylation sites is 1. The topological polar surface area (TPSA) is 25.2 Å². The Morgan fingerprint density at radius 3 is 2.94 bits per heavy atom. The molecule has 0 amide bonds. The Morgan fingerprint density at radius 2 is 2.11 bits per heavy atom. The van der Waals surface area contributed by atoms with Crippen LogP contribution in [0.3, 0.4) is 0 Å². The van der Waals surface area contributed by atoms with Gasteiger partial charge >= 0.3 is 0 Å². The molecule has 0 aliphatic heterocycles. The lowest BCUT2D eigenvalue weighted by molar-refractivity contribution is 0.156. The van der Waals surface area contributed by atoms with Crippen molar-refractivity contribution >= 4 is 0 Å². The zero-order valence-corrected chi connectivity index (χ0v) is 10.8. The molecule has 1 atom stereocenters. The van der Waals surface area contributed by atoms with Gasteiger partial charge in [-0.05, 0) is 43.4 Å². The lowest BCUT2D eigenvalue weighted by Crippen LogP contribution is -2.11. The molecule has 1 heterocycles. The van der Waals surface area contributed by atoms with E-state index in [4.69, 9.17) is 0 Å². The van der Waals surface area contributed by atoms with Crippen LogP contribution in [0.25, 0.3) is 5.69 Å². The van der Waals surface area contributed by atoms with E-state index >= 15 is 0 Å². The smallest absolute Gasteiger partial charge is 0.0807 e. The monoisotopic (exact) mass is 241 g/mol. The van der Waals surface area contributed by atoms with Crippen LogP contribution < -0.4 is 0 Å². The zero-order valence-electron chi connectivity index (χ0n) is 10.8. The van der Waals surface area contributed by atoms with E-state index in [2.05, 4.69) is 48.0 Å². The third-order valence-corrected chi connectivity index (χ3v) is 3.91. The fourth-order valence-electron chi connectivity index (χ4n) is 2.94. The first-order valence-corrected chi connectivity index (χ1v) is 6.77. The number of hydrogen-bond acceptors (Lipinski definition) is 1. The van der Waals surface area contributed by atoms with E-state index in [1.54, 1.807) is 0 Å². The fourth-order valence-corrected chi connectivity index (χ4v) is 2.94. The maximum atomic E-state index is 10.0. The summed E-state index contributed by atoms with van der Waals surface area (Å²) in [5.41, 5.74) is 5.02. The highest BCUT2D eigenvalue weighted by atomic mass is 16.3. The van der Waals surface area contributed by atoms with E-state index in [1.807, 2.05) is 0 Å². The molecule has 2 nitrogen and oxygen atoms in total. The van der Waals surface area contributed by atoms with Gasteiger partial charge in [-0.15, -0.1) is 0 Å². The Bertz CT molecular complexity index is 556. The van der Waals surface area contributed by atoms with Crippen LogP contribution in [0.1, 0.15) is 42.7 Å². The number of benzene rings is 1. The van der Waals surface area contributed by atoms with E-state index in [9.17, 15) is 5.11 Å². The number of hydrogen-bond donors (Lipinski definition) is 1. The van der Waals surface area contributed by atoms with Crippen LogP contribution in [0.2, 0.25) is 0 Å². The summed E-state index contributed by atoms with van der Waals surface area (Å²) in [4.78, 5) is 0. The number of fused-ring (bicyclic) bond motifs is 1. The molecule has 3 rings (SSSR count). The molecule has 0 bridgehead atoms. The number of aliphatic hydroxyl groups is 1. The lowest BCUT2D eigenvalue weighted by Gasteiger charge is -2.21. The minimum atomic E-state index is -0.274. The van der Waals surface area contributed by atoms with E-state index in [-0.39, 0.29) is 6.10 Å². The summed E-state index contributed by atoms with van der Waals surface area (Å²) in [6, 6.07) is 10.6. The van der Waals surface area contributed by atoms with E-state index in [1.165, 1.54) is 16.9 Å². The van der Waals surface area contributed by atoms with Gasteiger partial charge in [-0.3, -0.25) is 0 Å². The Labute approximate surface area is 108 Å². The molecule has 1 aliphatic carbocycles. The molecule has 0 spiro atoms. The van der Waals surface area contributed by atoms with Crippen LogP contribution in [-0.2, 0) is 12.8 Å². The Kier molecular flexibility index (Phi) is 2.96. The third kappa shape index (κ3) is 1.77. The summed E-state index contributed by atoms with van der Waals surface area (Å²) in [7, 11) is 0. The average molecular weight is 241 g/mol. The maximum absolute atomic E-state index is 10.0. The summed E-state index contributed by atoms with van der Waals surface area (Å²) in [6.45, 7) is 2.18. The predicted octanol–water partition coefficient (Wildman–Crippen LogP) is 3.41. The second-order valence-electron chi connectivity index (χ2n) is 4.98. The van der Waals surface area contributed by atoms with Crippen LogP contribution in [0, 0.1) is 0 Å². The van der Waals surface area contributed by atoms with Crippen molar-refractivity contribution in [3.8, 4) is 5.69 Å². The summed E-state index contributed by atoms with van der Waals surface area (Å²) < 4.78 is 2.26. The molecule has 2 aromatic rings. The predicted molar refractivity (Wildman–Crippen MR) is 73.0 cm³/mol. The summed E-state index contributed by atoms with van der Waals surface area (Å²) in [5.74, 6) is 0. The van der Waals surface area contributed by atoms with Crippen molar-refractivity contribution in [3.63, 3.8) is 0 Å². The van der Waals surface area contributed by atoms with Crippen molar-refractivity contribution in [1.29, 1.82) is 0 Å². The van der Waals surface area contributed by atoms with Gasteiger partial charge in [-0.25, -0.2) is 0 Å². The molecular formula is C16H19NO. The van der Waals surface area contributed by atoms with Gasteiger partial charge in [0.2, 0.25) is 0 Å². The van der Waals surface area contributed by atoms with Crippen molar-refractivity contribution in [1.82, 2.24) is 4.57 Å². The molecule has 18 heavy (non-hydrogen) atoms. The Hall–Kier alpha value is -1.54. The van der Waals surface area contributed by atoms with Crippen molar-refractivity contribution in [2.45, 2.75) is 38.7 Å². The number of nitrogens with zero attached hydrogens (tertiary/aromatic N) is 1. The number of aromatic nitrogens is 1. The molecule has 1 aromatic carbocycles. The van der Waals surface area contributed by atoms with E-state index < -0.39 is 0 Å². The Balaban J connectivity index is 2.13. The van der Waals surface area contributed by atoms with Crippen LogP contribution in [-0.4, -0.2) is 9.67 Å². The van der Waals surface area contributed by atoms with Gasteiger partial charge in [-0.2, -0.15) is 0 Å². The second kappa shape index (κ2) is 4.62. The van der Waals surface area contributed by atoms with Crippen molar-refractivity contribution in [3.05, 3.63) is 53.3 Å². The van der Waals surface area contributed by atoms with Crippen molar-refractivity contribution < 1.29 is 5.11 Å². The molecular weight excluding hydrogens is 222 g/mol. The first-order chi connectivity index (χ1) is 8.81. The molecule has 0 radical (unpaired) electrons. The average Bonchev–Trinajstić information content (AvgIpc) is 2.84. The van der Waals surface area contributed by atoms with Crippen LogP contribution in [0.4, 0.5) is 0 Å². The first-order valence-electron chi connectivity index (χ1n) is 6.77. The number of aliphatic hydroxyl groups excluding tert-OH is 1. The van der Waals surface area contributed by atoms with Gasteiger partial charge in [0.15, 0.2) is 0 Å². The molecule has 94 valence electrons. The quantitative estimate of drug-likeness (QED) is 0.856. The van der Waals surface area contributed by atoms with Gasteiger partial charge in [0.05, 0.1) is 6.10 Å². The molecule has 2 heteroatoms. The highest BCUT2D eigenvalue weighted by Gasteiger charge is 2.22. The fraction of sp³-hybridized carbons (Fsp3) is 0.375. The van der Waals surface area contributed by atoms with Gasteiger partial charge in [0.1, 0.15) is 0 Å². The lowest BCUT2D eigenvalue weighted by atomic mass is 9.95. The van der Waals surface area contributed by atoms with Gasteiger partial charge in [-0.1, -0.05) is 25.1 Å². The molecule has 1 N–H and O–H groups in total. The van der Waals surface area contributed by atoms with E-state index in [0.29, 0.717) is 0 Å². The summed E-state index contributed by atoms with van der Waals surface area (Å²) in [5, 5.41) is 10.0. The normalized spacial score (nSPS) is 18.7. The molecule has 1 unspecified atom stereocenters. The number of aryl methyl sites for hydroxylation is 1. The van der Waals surface area contributed by atoms with Gasteiger partial charge in [0.25, 0.3) is 0 Å². The summed E-state index contributed by atoms with van der Waals surface area (Å²) >= 11 is 0. The highest BCUT2D eigenvalue weighted by molar-refractivity contribution is 5.45. The van der Waals surface area contributed by atoms with E-state index in [0.717, 1.165) is 31.2 Å². The summed E-state index contributed by atoms with van der Waals surface area (Å²) in [6.07, 6.45) is 5.90. The minimum Gasteiger partial charge on any atom is -0.388 e. The standard InChI is InChI=1S/C16H19NO/c1-2-12-6-3-4-7-14(12)17-11-10-13-15(17)8-5-9-16(13)18/h3-4,6-7,10-11,16,18H,2,5,8-9H2,1H3. The highest BCUT2D eigenvalue weighted by Crippen LogP contribution is 2.32.